The van der Waals surface area contributed by atoms with E-state index in [0.717, 1.165) is 31.1 Å². The zero-order chi connectivity index (χ0) is 17.6. The molecule has 0 radical (unpaired) electrons. The van der Waals surface area contributed by atoms with Crippen LogP contribution in [-0.4, -0.2) is 37.2 Å². The first-order valence-corrected chi connectivity index (χ1v) is 9.11. The molecule has 0 N–H and O–H groups in total. The second kappa shape index (κ2) is 8.10. The summed E-state index contributed by atoms with van der Waals surface area (Å²) in [6.07, 6.45) is 10.6. The molecule has 0 unspecified atom stereocenters. The number of rotatable bonds is 6. The SMILES string of the molecule is c1cncc(Oc2ccccc2CN2CCCC[C@@H]2Cn2cncn2)c1. The molecule has 1 aliphatic rings. The molecule has 1 atom stereocenters. The second-order valence-corrected chi connectivity index (χ2v) is 6.64. The number of benzene rings is 1. The normalized spacial score (nSPS) is 17.9. The van der Waals surface area contributed by atoms with Crippen LogP contribution in [0.1, 0.15) is 24.8 Å². The van der Waals surface area contributed by atoms with Gasteiger partial charge in [0.15, 0.2) is 0 Å². The molecule has 6 nitrogen and oxygen atoms in total. The van der Waals surface area contributed by atoms with Crippen LogP contribution in [0.15, 0.2) is 61.4 Å². The van der Waals surface area contributed by atoms with Crippen LogP contribution in [0.3, 0.4) is 0 Å². The molecular formula is C20H23N5O. The van der Waals surface area contributed by atoms with E-state index in [4.69, 9.17) is 4.74 Å². The molecule has 26 heavy (non-hydrogen) atoms. The molecule has 2 aromatic heterocycles. The Morgan fingerprint density at radius 2 is 2.04 bits per heavy atom. The molecule has 1 saturated heterocycles. The number of hydrogen-bond acceptors (Lipinski definition) is 5. The maximum Gasteiger partial charge on any atom is 0.145 e. The molecule has 0 amide bonds. The largest absolute Gasteiger partial charge is 0.455 e. The number of aromatic nitrogens is 4. The van der Waals surface area contributed by atoms with Gasteiger partial charge in [0.1, 0.15) is 24.2 Å². The molecule has 6 heteroatoms. The fourth-order valence-electron chi connectivity index (χ4n) is 3.51. The van der Waals surface area contributed by atoms with Gasteiger partial charge in [0, 0.05) is 24.3 Å². The third kappa shape index (κ3) is 4.08. The van der Waals surface area contributed by atoms with Crippen LogP contribution in [-0.2, 0) is 13.1 Å². The Balaban J connectivity index is 1.50. The highest BCUT2D eigenvalue weighted by Gasteiger charge is 2.24. The van der Waals surface area contributed by atoms with Crippen LogP contribution in [0.25, 0.3) is 0 Å². The third-order valence-corrected chi connectivity index (χ3v) is 4.82. The second-order valence-electron chi connectivity index (χ2n) is 6.64. The number of likely N-dealkylation sites (tertiary alicyclic amines) is 1. The van der Waals surface area contributed by atoms with Crippen molar-refractivity contribution in [2.75, 3.05) is 6.54 Å². The molecule has 1 fully saturated rings. The number of para-hydroxylation sites is 1. The van der Waals surface area contributed by atoms with Gasteiger partial charge < -0.3 is 4.74 Å². The van der Waals surface area contributed by atoms with Gasteiger partial charge >= 0.3 is 0 Å². The topological polar surface area (TPSA) is 56.1 Å². The molecule has 0 saturated carbocycles. The molecule has 0 bridgehead atoms. The van der Waals surface area contributed by atoms with Gasteiger partial charge in [-0.15, -0.1) is 0 Å². The van der Waals surface area contributed by atoms with Crippen LogP contribution < -0.4 is 4.74 Å². The Hall–Kier alpha value is -2.73. The molecule has 3 aromatic rings. The molecule has 4 rings (SSSR count). The molecular weight excluding hydrogens is 326 g/mol. The molecule has 0 aliphatic carbocycles. The minimum absolute atomic E-state index is 0.469. The van der Waals surface area contributed by atoms with Crippen LogP contribution in [0.2, 0.25) is 0 Å². The Morgan fingerprint density at radius 3 is 2.88 bits per heavy atom. The van der Waals surface area contributed by atoms with Gasteiger partial charge in [0.25, 0.3) is 0 Å². The first-order valence-electron chi connectivity index (χ1n) is 9.11. The van der Waals surface area contributed by atoms with E-state index in [2.05, 4.69) is 32.1 Å². The van der Waals surface area contributed by atoms with E-state index in [-0.39, 0.29) is 0 Å². The molecule has 1 aromatic carbocycles. The van der Waals surface area contributed by atoms with Crippen LogP contribution >= 0.6 is 0 Å². The number of ether oxygens (including phenoxy) is 1. The zero-order valence-corrected chi connectivity index (χ0v) is 14.7. The van der Waals surface area contributed by atoms with Crippen molar-refractivity contribution in [3.63, 3.8) is 0 Å². The van der Waals surface area contributed by atoms with Gasteiger partial charge in [-0.2, -0.15) is 5.10 Å². The Bertz CT molecular complexity index is 806. The van der Waals surface area contributed by atoms with Gasteiger partial charge in [-0.3, -0.25) is 14.6 Å². The standard InChI is InChI=1S/C20H23N5O/c1-2-9-20(26-19-8-5-10-21-12-19)17(6-1)13-24-11-4-3-7-18(24)14-25-16-22-15-23-25/h1-2,5-6,8-10,12,15-16,18H,3-4,7,11,13-14H2/t18-/m1/s1. The highest BCUT2D eigenvalue weighted by atomic mass is 16.5. The monoisotopic (exact) mass is 349 g/mol. The van der Waals surface area contributed by atoms with Crippen molar-refractivity contribution in [2.45, 2.75) is 38.4 Å². The minimum atomic E-state index is 0.469. The van der Waals surface area contributed by atoms with Crippen molar-refractivity contribution in [2.24, 2.45) is 0 Å². The summed E-state index contributed by atoms with van der Waals surface area (Å²) in [5.41, 5.74) is 1.20. The zero-order valence-electron chi connectivity index (χ0n) is 14.7. The lowest BCUT2D eigenvalue weighted by Gasteiger charge is -2.35. The number of hydrogen-bond donors (Lipinski definition) is 0. The number of pyridine rings is 1. The van der Waals surface area contributed by atoms with Gasteiger partial charge in [-0.25, -0.2) is 4.98 Å². The summed E-state index contributed by atoms with van der Waals surface area (Å²) in [5.74, 6) is 1.66. The van der Waals surface area contributed by atoms with Crippen molar-refractivity contribution >= 4 is 0 Å². The highest BCUT2D eigenvalue weighted by molar-refractivity contribution is 5.37. The van der Waals surface area contributed by atoms with E-state index in [0.29, 0.717) is 6.04 Å². The highest BCUT2D eigenvalue weighted by Crippen LogP contribution is 2.28. The first-order chi connectivity index (χ1) is 12.9. The summed E-state index contributed by atoms with van der Waals surface area (Å²) in [4.78, 5) is 10.7. The quantitative estimate of drug-likeness (QED) is 0.681. The molecule has 134 valence electrons. The lowest BCUT2D eigenvalue weighted by Crippen LogP contribution is -2.41. The van der Waals surface area contributed by atoms with Gasteiger partial charge in [-0.1, -0.05) is 24.6 Å². The van der Waals surface area contributed by atoms with Gasteiger partial charge in [0.05, 0.1) is 12.7 Å². The summed E-state index contributed by atoms with van der Waals surface area (Å²) in [6.45, 7) is 2.85. The lowest BCUT2D eigenvalue weighted by atomic mass is 10.0. The average molecular weight is 349 g/mol. The molecule has 3 heterocycles. The van der Waals surface area contributed by atoms with Crippen molar-refractivity contribution in [3.05, 3.63) is 67.0 Å². The summed E-state index contributed by atoms with van der Waals surface area (Å²) >= 11 is 0. The van der Waals surface area contributed by atoms with Crippen molar-refractivity contribution in [1.82, 2.24) is 24.6 Å². The van der Waals surface area contributed by atoms with E-state index < -0.39 is 0 Å². The third-order valence-electron chi connectivity index (χ3n) is 4.82. The lowest BCUT2D eigenvalue weighted by molar-refractivity contribution is 0.121. The Morgan fingerprint density at radius 1 is 1.08 bits per heavy atom. The maximum atomic E-state index is 6.08. The van der Waals surface area contributed by atoms with Crippen LogP contribution in [0.4, 0.5) is 0 Å². The first kappa shape index (κ1) is 16.7. The van der Waals surface area contributed by atoms with Gasteiger partial charge in [-0.05, 0) is 37.6 Å². The maximum absolute atomic E-state index is 6.08. The Kier molecular flexibility index (Phi) is 5.21. The van der Waals surface area contributed by atoms with Crippen molar-refractivity contribution in [3.8, 4) is 11.5 Å². The predicted octanol–water partition coefficient (Wildman–Crippen LogP) is 3.52. The fourth-order valence-corrected chi connectivity index (χ4v) is 3.51. The summed E-state index contributed by atoms with van der Waals surface area (Å²) in [6, 6.07) is 12.5. The summed E-state index contributed by atoms with van der Waals surface area (Å²) in [7, 11) is 0. The van der Waals surface area contributed by atoms with Gasteiger partial charge in [0.2, 0.25) is 0 Å². The average Bonchev–Trinajstić information content (AvgIpc) is 3.19. The summed E-state index contributed by atoms with van der Waals surface area (Å²) < 4.78 is 8.01. The molecule has 1 aliphatic heterocycles. The van der Waals surface area contributed by atoms with Crippen LogP contribution in [0, 0.1) is 0 Å². The smallest absolute Gasteiger partial charge is 0.145 e. The van der Waals surface area contributed by atoms with E-state index in [1.54, 1.807) is 25.0 Å². The Labute approximate surface area is 153 Å². The summed E-state index contributed by atoms with van der Waals surface area (Å²) in [5, 5.41) is 4.27. The van der Waals surface area contributed by atoms with Crippen molar-refractivity contribution < 1.29 is 4.74 Å². The predicted molar refractivity (Wildman–Crippen MR) is 98.8 cm³/mol. The van der Waals surface area contributed by atoms with E-state index in [1.807, 2.05) is 28.9 Å². The van der Waals surface area contributed by atoms with E-state index >= 15 is 0 Å². The van der Waals surface area contributed by atoms with E-state index in [9.17, 15) is 0 Å². The minimum Gasteiger partial charge on any atom is -0.455 e. The molecule has 0 spiro atoms. The number of piperidine rings is 1. The van der Waals surface area contributed by atoms with Crippen LogP contribution in [0.5, 0.6) is 11.5 Å². The van der Waals surface area contributed by atoms with Crippen molar-refractivity contribution in [1.29, 1.82) is 0 Å². The number of nitrogens with zero attached hydrogens (tertiary/aromatic N) is 5. The fraction of sp³-hybridized carbons (Fsp3) is 0.350. The van der Waals surface area contributed by atoms with E-state index in [1.165, 1.54) is 24.8 Å².